The third-order valence-corrected chi connectivity index (χ3v) is 4.28. The van der Waals surface area contributed by atoms with Crippen molar-refractivity contribution in [3.63, 3.8) is 0 Å². The van der Waals surface area contributed by atoms with Gasteiger partial charge in [-0.15, -0.1) is 0 Å². The maximum Gasteiger partial charge on any atom is 0.274 e. The van der Waals surface area contributed by atoms with E-state index in [1.807, 2.05) is 0 Å². The summed E-state index contributed by atoms with van der Waals surface area (Å²) >= 11 is 0. The first-order valence-corrected chi connectivity index (χ1v) is 8.45. The number of halogens is 1. The maximum atomic E-state index is 13.3. The second-order valence-corrected chi connectivity index (χ2v) is 6.04. The lowest BCUT2D eigenvalue weighted by atomic mass is 10.2. The lowest BCUT2D eigenvalue weighted by Crippen LogP contribution is -2.46. The van der Waals surface area contributed by atoms with Crippen molar-refractivity contribution < 1.29 is 9.18 Å². The van der Waals surface area contributed by atoms with E-state index >= 15 is 0 Å². The SMILES string of the molecule is CCN1CCN(c2cc(C(=O)Nc3cccc(F)c3)nc(C)n2)CC1. The van der Waals surface area contributed by atoms with E-state index in [9.17, 15) is 9.18 Å². The minimum atomic E-state index is -0.397. The summed E-state index contributed by atoms with van der Waals surface area (Å²) in [5.74, 6) is 0.531. The highest BCUT2D eigenvalue weighted by atomic mass is 19.1. The second-order valence-electron chi connectivity index (χ2n) is 6.04. The summed E-state index contributed by atoms with van der Waals surface area (Å²) < 4.78 is 13.3. The Bertz CT molecular complexity index is 759. The number of nitrogens with one attached hydrogen (secondary N) is 1. The molecule has 1 N–H and O–H groups in total. The van der Waals surface area contributed by atoms with Crippen LogP contribution in [0.15, 0.2) is 30.3 Å². The molecule has 1 saturated heterocycles. The molecular weight excluding hydrogens is 321 g/mol. The predicted octanol–water partition coefficient (Wildman–Crippen LogP) is 2.32. The molecule has 0 bridgehead atoms. The number of hydrogen-bond acceptors (Lipinski definition) is 5. The van der Waals surface area contributed by atoms with E-state index < -0.39 is 5.82 Å². The van der Waals surface area contributed by atoms with E-state index in [4.69, 9.17) is 0 Å². The van der Waals surface area contributed by atoms with E-state index in [0.29, 0.717) is 11.5 Å². The number of benzene rings is 1. The molecule has 1 aliphatic heterocycles. The number of carbonyl (C=O) groups excluding carboxylic acids is 1. The normalized spacial score (nSPS) is 15.2. The number of aromatic nitrogens is 2. The molecule has 2 aromatic rings. The minimum absolute atomic E-state index is 0.282. The molecule has 132 valence electrons. The van der Waals surface area contributed by atoms with E-state index in [1.165, 1.54) is 12.1 Å². The van der Waals surface area contributed by atoms with Gasteiger partial charge in [-0.05, 0) is 31.7 Å². The molecule has 3 rings (SSSR count). The number of piperazine rings is 1. The summed E-state index contributed by atoms with van der Waals surface area (Å²) in [6, 6.07) is 7.49. The fourth-order valence-corrected chi connectivity index (χ4v) is 2.88. The molecule has 1 aromatic carbocycles. The van der Waals surface area contributed by atoms with Gasteiger partial charge >= 0.3 is 0 Å². The zero-order chi connectivity index (χ0) is 17.8. The molecule has 1 fully saturated rings. The molecule has 6 nitrogen and oxygen atoms in total. The summed E-state index contributed by atoms with van der Waals surface area (Å²) in [5, 5.41) is 2.68. The predicted molar refractivity (Wildman–Crippen MR) is 95.4 cm³/mol. The second kappa shape index (κ2) is 7.57. The molecule has 25 heavy (non-hydrogen) atoms. The highest BCUT2D eigenvalue weighted by molar-refractivity contribution is 6.03. The standard InChI is InChI=1S/C18H22FN5O/c1-3-23-7-9-24(10-8-23)17-12-16(20-13(2)21-17)18(25)22-15-6-4-5-14(19)11-15/h4-6,11-12H,3,7-10H2,1-2H3,(H,22,25). The van der Waals surface area contributed by atoms with Crippen molar-refractivity contribution in [2.24, 2.45) is 0 Å². The number of nitrogens with zero attached hydrogens (tertiary/aromatic N) is 4. The van der Waals surface area contributed by atoms with Crippen LogP contribution in [-0.4, -0.2) is 53.5 Å². The highest BCUT2D eigenvalue weighted by Gasteiger charge is 2.19. The first kappa shape index (κ1) is 17.3. The van der Waals surface area contributed by atoms with Gasteiger partial charge in [0.1, 0.15) is 23.2 Å². The molecule has 2 heterocycles. The van der Waals surface area contributed by atoms with Crippen molar-refractivity contribution in [1.82, 2.24) is 14.9 Å². The molecular formula is C18H22FN5O. The van der Waals surface area contributed by atoms with Gasteiger partial charge in [0.15, 0.2) is 0 Å². The third-order valence-electron chi connectivity index (χ3n) is 4.28. The fourth-order valence-electron chi connectivity index (χ4n) is 2.88. The van der Waals surface area contributed by atoms with Gasteiger partial charge in [0, 0.05) is 37.9 Å². The molecule has 0 unspecified atom stereocenters. The van der Waals surface area contributed by atoms with Crippen molar-refractivity contribution in [1.29, 1.82) is 0 Å². The van der Waals surface area contributed by atoms with Gasteiger partial charge in [-0.1, -0.05) is 13.0 Å². The summed E-state index contributed by atoms with van der Waals surface area (Å²) in [4.78, 5) is 25.7. The number of carbonyl (C=O) groups is 1. The zero-order valence-electron chi connectivity index (χ0n) is 14.5. The lowest BCUT2D eigenvalue weighted by Gasteiger charge is -2.34. The van der Waals surface area contributed by atoms with E-state index in [0.717, 1.165) is 38.5 Å². The summed E-state index contributed by atoms with van der Waals surface area (Å²) in [5.41, 5.74) is 0.684. The van der Waals surface area contributed by atoms with Gasteiger partial charge in [0.2, 0.25) is 0 Å². The molecule has 7 heteroatoms. The first-order chi connectivity index (χ1) is 12.0. The van der Waals surface area contributed by atoms with Gasteiger partial charge in [0.05, 0.1) is 0 Å². The zero-order valence-corrected chi connectivity index (χ0v) is 14.5. The van der Waals surface area contributed by atoms with Crippen molar-refractivity contribution in [2.75, 3.05) is 42.9 Å². The van der Waals surface area contributed by atoms with Gasteiger partial charge in [0.25, 0.3) is 5.91 Å². The minimum Gasteiger partial charge on any atom is -0.354 e. The molecule has 0 spiro atoms. The van der Waals surface area contributed by atoms with Crippen LogP contribution in [0.3, 0.4) is 0 Å². The maximum absolute atomic E-state index is 13.3. The number of amides is 1. The van der Waals surface area contributed by atoms with Crippen LogP contribution >= 0.6 is 0 Å². The molecule has 0 atom stereocenters. The van der Waals surface area contributed by atoms with Crippen LogP contribution in [-0.2, 0) is 0 Å². The Labute approximate surface area is 146 Å². The Morgan fingerprint density at radius 2 is 1.96 bits per heavy atom. The van der Waals surface area contributed by atoms with E-state index in [2.05, 4.69) is 32.0 Å². The number of aryl methyl sites for hydroxylation is 1. The van der Waals surface area contributed by atoms with Gasteiger partial charge < -0.3 is 15.1 Å². The first-order valence-electron chi connectivity index (χ1n) is 8.45. The number of rotatable bonds is 4. The Hall–Kier alpha value is -2.54. The molecule has 1 amide bonds. The Morgan fingerprint density at radius 1 is 1.20 bits per heavy atom. The van der Waals surface area contributed by atoms with Gasteiger partial charge in [-0.3, -0.25) is 4.79 Å². The van der Waals surface area contributed by atoms with Gasteiger partial charge in [-0.2, -0.15) is 0 Å². The van der Waals surface area contributed by atoms with E-state index in [-0.39, 0.29) is 11.6 Å². The summed E-state index contributed by atoms with van der Waals surface area (Å²) in [6.07, 6.45) is 0. The Balaban J connectivity index is 1.76. The molecule has 0 radical (unpaired) electrons. The smallest absolute Gasteiger partial charge is 0.274 e. The Kier molecular flexibility index (Phi) is 5.23. The van der Waals surface area contributed by atoms with Crippen LogP contribution in [0.2, 0.25) is 0 Å². The third kappa shape index (κ3) is 4.30. The summed E-state index contributed by atoms with van der Waals surface area (Å²) in [6.45, 7) is 8.65. The quantitative estimate of drug-likeness (QED) is 0.923. The molecule has 0 saturated carbocycles. The van der Waals surface area contributed by atoms with Gasteiger partial charge in [-0.25, -0.2) is 14.4 Å². The molecule has 1 aromatic heterocycles. The number of hydrogen-bond donors (Lipinski definition) is 1. The van der Waals surface area contributed by atoms with Crippen LogP contribution in [0.1, 0.15) is 23.2 Å². The fraction of sp³-hybridized carbons (Fsp3) is 0.389. The topological polar surface area (TPSA) is 61.4 Å². The largest absolute Gasteiger partial charge is 0.354 e. The highest BCUT2D eigenvalue weighted by Crippen LogP contribution is 2.17. The van der Waals surface area contributed by atoms with Crippen molar-refractivity contribution in [2.45, 2.75) is 13.8 Å². The van der Waals surface area contributed by atoms with Crippen LogP contribution in [0, 0.1) is 12.7 Å². The van der Waals surface area contributed by atoms with E-state index in [1.54, 1.807) is 25.1 Å². The van der Waals surface area contributed by atoms with Crippen LogP contribution in [0.5, 0.6) is 0 Å². The Morgan fingerprint density at radius 3 is 2.64 bits per heavy atom. The van der Waals surface area contributed by atoms with Crippen molar-refractivity contribution in [3.05, 3.63) is 47.7 Å². The monoisotopic (exact) mass is 343 g/mol. The summed E-state index contributed by atoms with van der Waals surface area (Å²) in [7, 11) is 0. The van der Waals surface area contributed by atoms with Crippen LogP contribution in [0.25, 0.3) is 0 Å². The average Bonchev–Trinajstić information content (AvgIpc) is 2.61. The number of anilines is 2. The average molecular weight is 343 g/mol. The van der Waals surface area contributed by atoms with Crippen molar-refractivity contribution >= 4 is 17.4 Å². The van der Waals surface area contributed by atoms with Crippen LogP contribution in [0.4, 0.5) is 15.9 Å². The molecule has 1 aliphatic rings. The molecule has 0 aliphatic carbocycles. The number of likely N-dealkylation sites (N-methyl/N-ethyl adjacent to an activating group) is 1. The van der Waals surface area contributed by atoms with Crippen molar-refractivity contribution in [3.8, 4) is 0 Å². The lowest BCUT2D eigenvalue weighted by molar-refractivity contribution is 0.102. The van der Waals surface area contributed by atoms with Crippen LogP contribution < -0.4 is 10.2 Å².